The third-order valence-electron chi connectivity index (χ3n) is 3.12. The number of carbonyl (C=O) groups excluding carboxylic acids is 1. The van der Waals surface area contributed by atoms with Crippen molar-refractivity contribution >= 4 is 23.5 Å². The fourth-order valence-corrected chi connectivity index (χ4v) is 2.64. The van der Waals surface area contributed by atoms with Crippen LogP contribution in [0.5, 0.6) is 0 Å². The van der Waals surface area contributed by atoms with Crippen LogP contribution in [0.2, 0.25) is 0 Å². The average molecular weight is 309 g/mol. The molecule has 0 aliphatic carbocycles. The first-order valence-electron chi connectivity index (χ1n) is 7.62. The number of hydrogen-bond donors (Lipinski definition) is 2. The molecule has 0 spiro atoms. The minimum atomic E-state index is -0.0143. The van der Waals surface area contributed by atoms with Crippen LogP contribution in [0.1, 0.15) is 43.2 Å². The maximum atomic E-state index is 12.3. The van der Waals surface area contributed by atoms with Crippen molar-refractivity contribution in [3.63, 3.8) is 0 Å². The Morgan fingerprint density at radius 1 is 1.38 bits per heavy atom. The van der Waals surface area contributed by atoms with Gasteiger partial charge in [-0.1, -0.05) is 20.8 Å². The molecule has 0 aliphatic heterocycles. The minimum absolute atomic E-state index is 0.0143. The highest BCUT2D eigenvalue weighted by Gasteiger charge is 2.10. The lowest BCUT2D eigenvalue weighted by molar-refractivity contribution is 0.0949. The summed E-state index contributed by atoms with van der Waals surface area (Å²) in [5.74, 6) is 2.31. The summed E-state index contributed by atoms with van der Waals surface area (Å²) in [6, 6.07) is 3.72. The topological polar surface area (TPSA) is 54.0 Å². The van der Waals surface area contributed by atoms with Gasteiger partial charge in [-0.25, -0.2) is 4.98 Å². The van der Waals surface area contributed by atoms with Crippen molar-refractivity contribution in [3.05, 3.63) is 23.4 Å². The predicted octanol–water partition coefficient (Wildman–Crippen LogP) is 3.19. The average Bonchev–Trinajstić information content (AvgIpc) is 2.50. The first-order chi connectivity index (χ1) is 10.1. The lowest BCUT2D eigenvalue weighted by Crippen LogP contribution is -2.29. The summed E-state index contributed by atoms with van der Waals surface area (Å²) < 4.78 is 0. The molecule has 2 N–H and O–H groups in total. The van der Waals surface area contributed by atoms with Crippen LogP contribution < -0.4 is 10.6 Å². The van der Waals surface area contributed by atoms with Crippen LogP contribution in [0.4, 0.5) is 5.82 Å². The Balaban J connectivity index is 2.73. The van der Waals surface area contributed by atoms with Crippen molar-refractivity contribution in [1.82, 2.24) is 10.3 Å². The van der Waals surface area contributed by atoms with Crippen LogP contribution in [-0.4, -0.2) is 36.0 Å². The molecule has 0 fully saturated rings. The summed E-state index contributed by atoms with van der Waals surface area (Å²) in [6.45, 7) is 7.88. The fraction of sp³-hybridized carbons (Fsp3) is 0.625. The molecule has 1 rings (SSSR count). The van der Waals surface area contributed by atoms with Gasteiger partial charge in [0.1, 0.15) is 5.82 Å². The van der Waals surface area contributed by atoms with E-state index in [0.717, 1.165) is 36.7 Å². The Hall–Kier alpha value is -1.23. The number of rotatable bonds is 9. The van der Waals surface area contributed by atoms with E-state index in [-0.39, 0.29) is 5.91 Å². The molecule has 1 aromatic rings. The molecule has 0 saturated heterocycles. The second-order valence-electron chi connectivity index (χ2n) is 5.28. The summed E-state index contributed by atoms with van der Waals surface area (Å²) in [4.78, 5) is 16.8. The number of carbonyl (C=O) groups is 1. The van der Waals surface area contributed by atoms with Crippen molar-refractivity contribution in [1.29, 1.82) is 0 Å². The van der Waals surface area contributed by atoms with E-state index in [1.165, 1.54) is 0 Å². The van der Waals surface area contributed by atoms with Gasteiger partial charge in [-0.3, -0.25) is 4.79 Å². The molecular formula is C16H27N3OS. The van der Waals surface area contributed by atoms with Gasteiger partial charge in [0, 0.05) is 24.3 Å². The molecule has 1 aromatic heterocycles. The molecule has 0 aromatic carbocycles. The molecule has 1 amide bonds. The van der Waals surface area contributed by atoms with Gasteiger partial charge in [-0.05, 0) is 42.9 Å². The molecule has 21 heavy (non-hydrogen) atoms. The Labute approximate surface area is 132 Å². The second-order valence-corrected chi connectivity index (χ2v) is 6.19. The molecule has 1 atom stereocenters. The van der Waals surface area contributed by atoms with Crippen molar-refractivity contribution in [2.45, 2.75) is 33.6 Å². The van der Waals surface area contributed by atoms with Gasteiger partial charge in [-0.15, -0.1) is 0 Å². The fourth-order valence-electron chi connectivity index (χ4n) is 1.96. The van der Waals surface area contributed by atoms with Crippen molar-refractivity contribution in [2.75, 3.05) is 30.4 Å². The van der Waals surface area contributed by atoms with E-state index in [9.17, 15) is 4.79 Å². The molecule has 1 heterocycles. The molecule has 0 bridgehead atoms. The summed E-state index contributed by atoms with van der Waals surface area (Å²) >= 11 is 1.80. The van der Waals surface area contributed by atoms with Gasteiger partial charge in [0.15, 0.2) is 0 Å². The van der Waals surface area contributed by atoms with Gasteiger partial charge in [0.05, 0.1) is 0 Å². The first-order valence-corrected chi connectivity index (χ1v) is 9.02. The standard InChI is InChI=1S/C16H27N3OS/c1-5-7-17-15-9-13(8-14(6-2)19-15)16(20)18-10-12(3)11-21-4/h8-9,12H,5-7,10-11H2,1-4H3,(H,17,19)(H,18,20). The number of thioether (sulfide) groups is 1. The number of aromatic nitrogens is 1. The van der Waals surface area contributed by atoms with Gasteiger partial charge in [-0.2, -0.15) is 11.8 Å². The lowest BCUT2D eigenvalue weighted by Gasteiger charge is -2.13. The van der Waals surface area contributed by atoms with Gasteiger partial charge >= 0.3 is 0 Å². The van der Waals surface area contributed by atoms with Gasteiger partial charge < -0.3 is 10.6 Å². The zero-order chi connectivity index (χ0) is 15.7. The number of amides is 1. The normalized spacial score (nSPS) is 12.0. The van der Waals surface area contributed by atoms with E-state index in [0.29, 0.717) is 18.0 Å². The van der Waals surface area contributed by atoms with E-state index in [1.54, 1.807) is 11.8 Å². The Kier molecular flexibility index (Phi) is 8.20. The largest absolute Gasteiger partial charge is 0.370 e. The Morgan fingerprint density at radius 2 is 2.14 bits per heavy atom. The molecule has 0 saturated carbocycles. The SMILES string of the molecule is CCCNc1cc(C(=O)NCC(C)CSC)cc(CC)n1. The van der Waals surface area contributed by atoms with Crippen molar-refractivity contribution in [2.24, 2.45) is 5.92 Å². The highest BCUT2D eigenvalue weighted by molar-refractivity contribution is 7.98. The molecule has 5 heteroatoms. The monoisotopic (exact) mass is 309 g/mol. The quantitative estimate of drug-likeness (QED) is 0.735. The molecule has 0 aliphatic rings. The van der Waals surface area contributed by atoms with Crippen LogP contribution in [-0.2, 0) is 6.42 Å². The summed E-state index contributed by atoms with van der Waals surface area (Å²) in [6.07, 6.45) is 3.94. The van der Waals surface area contributed by atoms with Crippen LogP contribution in [0.25, 0.3) is 0 Å². The summed E-state index contributed by atoms with van der Waals surface area (Å²) in [7, 11) is 0. The van der Waals surface area contributed by atoms with Crippen LogP contribution in [0, 0.1) is 5.92 Å². The molecular weight excluding hydrogens is 282 g/mol. The van der Waals surface area contributed by atoms with E-state index in [4.69, 9.17) is 0 Å². The summed E-state index contributed by atoms with van der Waals surface area (Å²) in [5.41, 5.74) is 1.63. The highest BCUT2D eigenvalue weighted by Crippen LogP contribution is 2.12. The molecule has 1 unspecified atom stereocenters. The van der Waals surface area contributed by atoms with E-state index >= 15 is 0 Å². The number of nitrogens with one attached hydrogen (secondary N) is 2. The molecule has 118 valence electrons. The third kappa shape index (κ3) is 6.38. The second kappa shape index (κ2) is 9.66. The zero-order valence-electron chi connectivity index (χ0n) is 13.5. The molecule has 0 radical (unpaired) electrons. The third-order valence-corrected chi connectivity index (χ3v) is 4.02. The van der Waals surface area contributed by atoms with Gasteiger partial charge in [0.25, 0.3) is 5.91 Å². The van der Waals surface area contributed by atoms with E-state index in [2.05, 4.69) is 35.7 Å². The zero-order valence-corrected chi connectivity index (χ0v) is 14.3. The smallest absolute Gasteiger partial charge is 0.251 e. The van der Waals surface area contributed by atoms with Crippen LogP contribution >= 0.6 is 11.8 Å². The maximum absolute atomic E-state index is 12.3. The van der Waals surface area contributed by atoms with Crippen molar-refractivity contribution < 1.29 is 4.79 Å². The Bertz CT molecular complexity index is 451. The van der Waals surface area contributed by atoms with Crippen molar-refractivity contribution in [3.8, 4) is 0 Å². The van der Waals surface area contributed by atoms with Crippen LogP contribution in [0.15, 0.2) is 12.1 Å². The first kappa shape index (κ1) is 17.8. The number of nitrogens with zero attached hydrogens (tertiary/aromatic N) is 1. The number of anilines is 1. The number of aryl methyl sites for hydroxylation is 1. The predicted molar refractivity (Wildman–Crippen MR) is 92.3 cm³/mol. The highest BCUT2D eigenvalue weighted by atomic mass is 32.2. The van der Waals surface area contributed by atoms with E-state index in [1.807, 2.05) is 19.1 Å². The minimum Gasteiger partial charge on any atom is -0.370 e. The number of pyridine rings is 1. The van der Waals surface area contributed by atoms with Gasteiger partial charge in [0.2, 0.25) is 0 Å². The Morgan fingerprint density at radius 3 is 2.76 bits per heavy atom. The lowest BCUT2D eigenvalue weighted by atomic mass is 10.1. The van der Waals surface area contributed by atoms with Crippen LogP contribution in [0.3, 0.4) is 0 Å². The summed E-state index contributed by atoms with van der Waals surface area (Å²) in [5, 5.41) is 6.27. The molecule has 4 nitrogen and oxygen atoms in total. The maximum Gasteiger partial charge on any atom is 0.251 e. The number of hydrogen-bond acceptors (Lipinski definition) is 4. The van der Waals surface area contributed by atoms with E-state index < -0.39 is 0 Å².